The minimum absolute atomic E-state index is 0.257. The first-order valence-corrected chi connectivity index (χ1v) is 5.81. The van der Waals surface area contributed by atoms with Gasteiger partial charge in [-0.25, -0.2) is 0 Å². The highest BCUT2D eigenvalue weighted by atomic mass is 16.6. The molecule has 1 unspecified atom stereocenters. The lowest BCUT2D eigenvalue weighted by Crippen LogP contribution is -2.28. The Bertz CT molecular complexity index is 422. The van der Waals surface area contributed by atoms with Crippen molar-refractivity contribution in [2.45, 2.75) is 26.2 Å². The van der Waals surface area contributed by atoms with E-state index in [1.54, 1.807) is 19.9 Å². The van der Waals surface area contributed by atoms with Crippen molar-refractivity contribution in [1.82, 2.24) is 0 Å². The van der Waals surface area contributed by atoms with Crippen LogP contribution in [0.15, 0.2) is 49.1 Å². The third-order valence-corrected chi connectivity index (χ3v) is 2.63. The Labute approximate surface area is 108 Å². The normalized spacial score (nSPS) is 13.7. The maximum absolute atomic E-state index is 9.94. The summed E-state index contributed by atoms with van der Waals surface area (Å²) in [5.41, 5.74) is 1.44. The number of aliphatic hydroxyl groups is 1. The minimum Gasteiger partial charge on any atom is -0.489 e. The predicted molar refractivity (Wildman–Crippen MR) is 72.4 cm³/mol. The molecule has 0 fully saturated rings. The average Bonchev–Trinajstić information content (AvgIpc) is 2.34. The summed E-state index contributed by atoms with van der Waals surface area (Å²) >= 11 is 0. The maximum atomic E-state index is 9.94. The highest BCUT2D eigenvalue weighted by Crippen LogP contribution is 2.23. The largest absolute Gasteiger partial charge is 0.489 e. The molecule has 98 valence electrons. The van der Waals surface area contributed by atoms with Crippen LogP contribution in [0.3, 0.4) is 0 Å². The van der Waals surface area contributed by atoms with E-state index in [1.807, 2.05) is 24.3 Å². The molecule has 0 aromatic heterocycles. The molecule has 0 radical (unpaired) electrons. The van der Waals surface area contributed by atoms with Crippen molar-refractivity contribution < 1.29 is 14.6 Å². The van der Waals surface area contributed by atoms with Gasteiger partial charge in [-0.15, -0.1) is 0 Å². The van der Waals surface area contributed by atoms with E-state index >= 15 is 0 Å². The lowest BCUT2D eigenvalue weighted by Gasteiger charge is -2.24. The molecular formula is C15H20O3. The number of benzene rings is 1. The third-order valence-electron chi connectivity index (χ3n) is 2.63. The van der Waals surface area contributed by atoms with Gasteiger partial charge >= 0.3 is 0 Å². The highest BCUT2D eigenvalue weighted by Gasteiger charge is 2.22. The molecular weight excluding hydrogens is 228 g/mol. The van der Waals surface area contributed by atoms with Gasteiger partial charge in [-0.3, -0.25) is 0 Å². The van der Waals surface area contributed by atoms with Gasteiger partial charge in [0.2, 0.25) is 0 Å². The molecule has 3 nitrogen and oxygen atoms in total. The van der Waals surface area contributed by atoms with E-state index < -0.39 is 5.79 Å². The zero-order valence-electron chi connectivity index (χ0n) is 11.0. The quantitative estimate of drug-likeness (QED) is 0.595. The Hall–Kier alpha value is -1.58. The van der Waals surface area contributed by atoms with Crippen molar-refractivity contribution in [2.75, 3.05) is 6.61 Å². The molecule has 18 heavy (non-hydrogen) atoms. The lowest BCUT2D eigenvalue weighted by molar-refractivity contribution is -0.169. The second kappa shape index (κ2) is 6.38. The van der Waals surface area contributed by atoms with Gasteiger partial charge in [-0.05, 0) is 25.5 Å². The van der Waals surface area contributed by atoms with Crippen molar-refractivity contribution in [3.8, 4) is 5.75 Å². The van der Waals surface area contributed by atoms with Crippen LogP contribution in [0.4, 0.5) is 0 Å². The van der Waals surface area contributed by atoms with E-state index in [2.05, 4.69) is 13.2 Å². The number of ether oxygens (including phenoxy) is 2. The van der Waals surface area contributed by atoms with Gasteiger partial charge in [-0.1, -0.05) is 37.4 Å². The van der Waals surface area contributed by atoms with Crippen molar-refractivity contribution in [3.05, 3.63) is 54.6 Å². The molecule has 0 aliphatic heterocycles. The Morgan fingerprint density at radius 2 is 2.11 bits per heavy atom. The van der Waals surface area contributed by atoms with E-state index in [9.17, 15) is 5.11 Å². The topological polar surface area (TPSA) is 38.7 Å². The monoisotopic (exact) mass is 248 g/mol. The van der Waals surface area contributed by atoms with Crippen LogP contribution < -0.4 is 4.74 Å². The van der Waals surface area contributed by atoms with Crippen molar-refractivity contribution in [3.63, 3.8) is 0 Å². The fourth-order valence-electron chi connectivity index (χ4n) is 1.25. The smallest absolute Gasteiger partial charge is 0.185 e. The van der Waals surface area contributed by atoms with Crippen LogP contribution in [0.5, 0.6) is 5.75 Å². The van der Waals surface area contributed by atoms with E-state index in [4.69, 9.17) is 9.47 Å². The predicted octanol–water partition coefficient (Wildman–Crippen LogP) is 3.05. The standard InChI is InChI=1S/C15H20O3/c1-5-10-17-14-9-7-6-8-13(14)11-18-15(4,16)12(2)3/h5-9,16H,1-2,10-11H2,3-4H3. The summed E-state index contributed by atoms with van der Waals surface area (Å²) in [6, 6.07) is 7.54. The van der Waals surface area contributed by atoms with E-state index in [0.29, 0.717) is 12.2 Å². The average molecular weight is 248 g/mol. The molecule has 1 atom stereocenters. The molecule has 1 aromatic carbocycles. The lowest BCUT2D eigenvalue weighted by atomic mass is 10.1. The fraction of sp³-hybridized carbons (Fsp3) is 0.333. The van der Waals surface area contributed by atoms with E-state index in [1.165, 1.54) is 0 Å². The van der Waals surface area contributed by atoms with Crippen LogP contribution in [0.2, 0.25) is 0 Å². The van der Waals surface area contributed by atoms with Crippen molar-refractivity contribution in [1.29, 1.82) is 0 Å². The molecule has 0 saturated heterocycles. The summed E-state index contributed by atoms with van der Waals surface area (Å²) in [4.78, 5) is 0. The fourth-order valence-corrected chi connectivity index (χ4v) is 1.25. The van der Waals surface area contributed by atoms with E-state index in [-0.39, 0.29) is 6.61 Å². The van der Waals surface area contributed by atoms with Crippen LogP contribution in [0.1, 0.15) is 19.4 Å². The first kappa shape index (κ1) is 14.5. The van der Waals surface area contributed by atoms with Gasteiger partial charge in [0.05, 0.1) is 6.61 Å². The van der Waals surface area contributed by atoms with Gasteiger partial charge < -0.3 is 14.6 Å². The second-order valence-corrected chi connectivity index (χ2v) is 4.26. The minimum atomic E-state index is -1.33. The number of rotatable bonds is 7. The molecule has 0 spiro atoms. The van der Waals surface area contributed by atoms with Crippen LogP contribution >= 0.6 is 0 Å². The zero-order valence-corrected chi connectivity index (χ0v) is 11.0. The zero-order chi connectivity index (χ0) is 13.6. The van der Waals surface area contributed by atoms with Gasteiger partial charge in [0.15, 0.2) is 5.79 Å². The summed E-state index contributed by atoms with van der Waals surface area (Å²) in [5.74, 6) is -0.596. The SMILES string of the molecule is C=CCOc1ccccc1COC(C)(O)C(=C)C. The summed E-state index contributed by atoms with van der Waals surface area (Å²) in [7, 11) is 0. The number of para-hydroxylation sites is 1. The molecule has 0 amide bonds. The first-order chi connectivity index (χ1) is 8.47. The molecule has 0 aliphatic carbocycles. The van der Waals surface area contributed by atoms with Crippen LogP contribution in [0.25, 0.3) is 0 Å². The van der Waals surface area contributed by atoms with Crippen molar-refractivity contribution in [2.24, 2.45) is 0 Å². The molecule has 1 aromatic rings. The van der Waals surface area contributed by atoms with Gasteiger partial charge in [0.25, 0.3) is 0 Å². The van der Waals surface area contributed by atoms with Gasteiger partial charge in [-0.2, -0.15) is 0 Å². The molecule has 1 N–H and O–H groups in total. The molecule has 0 saturated carbocycles. The molecule has 3 heteroatoms. The molecule has 0 bridgehead atoms. The van der Waals surface area contributed by atoms with Crippen molar-refractivity contribution >= 4 is 0 Å². The summed E-state index contributed by atoms with van der Waals surface area (Å²) in [5, 5.41) is 9.94. The van der Waals surface area contributed by atoms with E-state index in [0.717, 1.165) is 11.3 Å². The van der Waals surface area contributed by atoms with Crippen LogP contribution in [-0.4, -0.2) is 17.5 Å². The Balaban J connectivity index is 2.72. The maximum Gasteiger partial charge on any atom is 0.185 e. The molecule has 0 aliphatic rings. The third kappa shape index (κ3) is 4.02. The van der Waals surface area contributed by atoms with Crippen LogP contribution in [0, 0.1) is 0 Å². The number of hydrogen-bond donors (Lipinski definition) is 1. The van der Waals surface area contributed by atoms with Gasteiger partial charge in [0.1, 0.15) is 12.4 Å². The molecule has 1 rings (SSSR count). The highest BCUT2D eigenvalue weighted by molar-refractivity contribution is 5.33. The summed E-state index contributed by atoms with van der Waals surface area (Å²) < 4.78 is 11.0. The Morgan fingerprint density at radius 3 is 2.72 bits per heavy atom. The summed E-state index contributed by atoms with van der Waals surface area (Å²) in [6.07, 6.45) is 1.68. The second-order valence-electron chi connectivity index (χ2n) is 4.26. The first-order valence-electron chi connectivity index (χ1n) is 5.81. The van der Waals surface area contributed by atoms with Gasteiger partial charge in [0, 0.05) is 5.56 Å². The molecule has 0 heterocycles. The Morgan fingerprint density at radius 1 is 1.44 bits per heavy atom. The summed E-state index contributed by atoms with van der Waals surface area (Å²) in [6.45, 7) is 11.3. The Kier molecular flexibility index (Phi) is 5.13. The van der Waals surface area contributed by atoms with Crippen LogP contribution in [-0.2, 0) is 11.3 Å². The number of hydrogen-bond acceptors (Lipinski definition) is 3.